The fraction of sp³-hybridized carbons (Fsp3) is 1.00. The van der Waals surface area contributed by atoms with E-state index < -0.39 is 0 Å². The highest BCUT2D eigenvalue weighted by Gasteiger charge is 2.11. The molecular weight excluding hydrogens is 168 g/mol. The number of rotatable bonds is 0. The van der Waals surface area contributed by atoms with Crippen molar-refractivity contribution < 1.29 is 0 Å². The minimum atomic E-state index is 0.970. The van der Waals surface area contributed by atoms with E-state index in [-0.39, 0.29) is 0 Å². The third-order valence-corrected chi connectivity index (χ3v) is 3.95. The first-order valence-electron chi connectivity index (χ1n) is 6.68. The van der Waals surface area contributed by atoms with Gasteiger partial charge in [-0.2, -0.15) is 0 Å². The van der Waals surface area contributed by atoms with E-state index in [1.165, 1.54) is 51.4 Å². The fourth-order valence-electron chi connectivity index (χ4n) is 2.56. The van der Waals surface area contributed by atoms with Crippen LogP contribution in [-0.4, -0.2) is 0 Å². The topological polar surface area (TPSA) is 0 Å². The van der Waals surface area contributed by atoms with Gasteiger partial charge in [0.25, 0.3) is 0 Å². The molecule has 0 N–H and O–H groups in total. The molecule has 0 aromatic carbocycles. The summed E-state index contributed by atoms with van der Waals surface area (Å²) in [6, 6.07) is 0. The molecule has 0 aliphatic heterocycles. The summed E-state index contributed by atoms with van der Waals surface area (Å²) in [5.74, 6) is 2.93. The van der Waals surface area contributed by atoms with Crippen LogP contribution in [0.3, 0.4) is 0 Å². The molecule has 1 aliphatic carbocycles. The second-order valence-electron chi connectivity index (χ2n) is 5.75. The average molecular weight is 196 g/mol. The molecule has 0 nitrogen and oxygen atoms in total. The smallest absolute Gasteiger partial charge is 0.0443 e. The largest absolute Gasteiger partial charge is 0.0625 e. The third-order valence-electron chi connectivity index (χ3n) is 3.95. The van der Waals surface area contributed by atoms with Crippen LogP contribution in [0.4, 0.5) is 0 Å². The molecule has 0 heteroatoms. The van der Waals surface area contributed by atoms with E-state index in [1.807, 2.05) is 0 Å². The van der Waals surface area contributed by atoms with E-state index in [0.717, 1.165) is 17.8 Å². The summed E-state index contributed by atoms with van der Waals surface area (Å²) in [5, 5.41) is 0. The summed E-state index contributed by atoms with van der Waals surface area (Å²) in [5.41, 5.74) is 0. The van der Waals surface area contributed by atoms with Crippen LogP contribution in [0.15, 0.2) is 0 Å². The molecule has 14 heavy (non-hydrogen) atoms. The average Bonchev–Trinajstić information content (AvgIpc) is 2.19. The van der Waals surface area contributed by atoms with Gasteiger partial charge >= 0.3 is 0 Å². The minimum Gasteiger partial charge on any atom is -0.0625 e. The predicted octanol–water partition coefficient (Wildman–Crippen LogP) is 5.03. The highest BCUT2D eigenvalue weighted by atomic mass is 14.2. The highest BCUT2D eigenvalue weighted by molar-refractivity contribution is 4.64. The Labute approximate surface area is 90.5 Å². The monoisotopic (exact) mass is 196 g/mol. The van der Waals surface area contributed by atoms with E-state index in [0.29, 0.717) is 0 Å². The van der Waals surface area contributed by atoms with E-state index in [4.69, 9.17) is 0 Å². The van der Waals surface area contributed by atoms with Crippen LogP contribution in [0.1, 0.15) is 72.1 Å². The maximum atomic E-state index is 2.44. The van der Waals surface area contributed by atoms with Gasteiger partial charge in [0.05, 0.1) is 0 Å². The van der Waals surface area contributed by atoms with Gasteiger partial charge in [0.15, 0.2) is 0 Å². The second-order valence-corrected chi connectivity index (χ2v) is 5.75. The molecule has 2 unspecified atom stereocenters. The normalized spacial score (nSPS) is 37.5. The van der Waals surface area contributed by atoms with Gasteiger partial charge in [-0.15, -0.1) is 0 Å². The summed E-state index contributed by atoms with van der Waals surface area (Å²) in [6.45, 7) is 7.32. The lowest BCUT2D eigenvalue weighted by Gasteiger charge is -2.15. The molecule has 0 amide bonds. The van der Waals surface area contributed by atoms with Gasteiger partial charge in [0.1, 0.15) is 0 Å². The Bertz CT molecular complexity index is 123. The van der Waals surface area contributed by atoms with E-state index >= 15 is 0 Å². The van der Waals surface area contributed by atoms with Gasteiger partial charge in [-0.3, -0.25) is 0 Å². The van der Waals surface area contributed by atoms with Gasteiger partial charge < -0.3 is 0 Å². The Kier molecular flexibility index (Phi) is 5.59. The van der Waals surface area contributed by atoms with Gasteiger partial charge in [0.2, 0.25) is 0 Å². The first-order chi connectivity index (χ1) is 6.68. The Morgan fingerprint density at radius 2 is 0.786 bits per heavy atom. The summed E-state index contributed by atoms with van der Waals surface area (Å²) >= 11 is 0. The van der Waals surface area contributed by atoms with Crippen molar-refractivity contribution in [2.24, 2.45) is 17.8 Å². The molecule has 1 saturated carbocycles. The van der Waals surface area contributed by atoms with Crippen LogP contribution in [-0.2, 0) is 0 Å². The molecule has 0 aromatic heterocycles. The lowest BCUT2D eigenvalue weighted by Crippen LogP contribution is -2.01. The van der Waals surface area contributed by atoms with Crippen molar-refractivity contribution >= 4 is 0 Å². The molecule has 0 heterocycles. The summed E-state index contributed by atoms with van der Waals surface area (Å²) in [6.07, 6.45) is 11.8. The number of hydrogen-bond acceptors (Lipinski definition) is 0. The Balaban J connectivity index is 2.33. The van der Waals surface area contributed by atoms with Crippen LogP contribution >= 0.6 is 0 Å². The van der Waals surface area contributed by atoms with Crippen LogP contribution < -0.4 is 0 Å². The Morgan fingerprint density at radius 3 is 1.14 bits per heavy atom. The van der Waals surface area contributed by atoms with E-state index in [9.17, 15) is 0 Å². The molecule has 2 atom stereocenters. The van der Waals surface area contributed by atoms with Gasteiger partial charge in [0, 0.05) is 0 Å². The van der Waals surface area contributed by atoms with Crippen molar-refractivity contribution in [2.75, 3.05) is 0 Å². The van der Waals surface area contributed by atoms with Crippen molar-refractivity contribution in [3.05, 3.63) is 0 Å². The molecule has 0 spiro atoms. The molecule has 0 radical (unpaired) electrons. The molecular formula is C14H28. The first kappa shape index (κ1) is 12.1. The van der Waals surface area contributed by atoms with Gasteiger partial charge in [-0.25, -0.2) is 0 Å². The molecule has 1 rings (SSSR count). The van der Waals surface area contributed by atoms with E-state index in [2.05, 4.69) is 20.8 Å². The van der Waals surface area contributed by atoms with E-state index in [1.54, 1.807) is 0 Å². The molecule has 1 fully saturated rings. The van der Waals surface area contributed by atoms with Crippen molar-refractivity contribution in [1.82, 2.24) is 0 Å². The van der Waals surface area contributed by atoms with Crippen molar-refractivity contribution in [1.29, 1.82) is 0 Å². The first-order valence-corrected chi connectivity index (χ1v) is 6.68. The lowest BCUT2D eigenvalue weighted by atomic mass is 9.91. The lowest BCUT2D eigenvalue weighted by molar-refractivity contribution is 0.378. The van der Waals surface area contributed by atoms with Gasteiger partial charge in [-0.1, -0.05) is 72.1 Å². The molecule has 0 aromatic rings. The van der Waals surface area contributed by atoms with Crippen molar-refractivity contribution in [2.45, 2.75) is 72.1 Å². The second kappa shape index (κ2) is 6.48. The highest BCUT2D eigenvalue weighted by Crippen LogP contribution is 2.26. The zero-order chi connectivity index (χ0) is 10.4. The molecule has 0 bridgehead atoms. The molecule has 1 aliphatic rings. The fourth-order valence-corrected chi connectivity index (χ4v) is 2.56. The van der Waals surface area contributed by atoms with Crippen LogP contribution in [0, 0.1) is 17.8 Å². The zero-order valence-corrected chi connectivity index (χ0v) is 10.4. The summed E-state index contributed by atoms with van der Waals surface area (Å²) in [4.78, 5) is 0. The molecule has 84 valence electrons. The van der Waals surface area contributed by atoms with Crippen LogP contribution in [0.2, 0.25) is 0 Å². The quantitative estimate of drug-likeness (QED) is 0.510. The van der Waals surface area contributed by atoms with Crippen LogP contribution in [0.25, 0.3) is 0 Å². The summed E-state index contributed by atoms with van der Waals surface area (Å²) < 4.78 is 0. The zero-order valence-electron chi connectivity index (χ0n) is 10.4. The maximum absolute atomic E-state index is 2.44. The van der Waals surface area contributed by atoms with Crippen LogP contribution in [0.5, 0.6) is 0 Å². The standard InChI is InChI=1S/C14H28/c1-12-6-4-5-7-13(2)9-11-14(3)10-8-12/h12-14H,4-11H2,1-3H3. The third kappa shape index (κ3) is 5.02. The molecule has 0 saturated heterocycles. The van der Waals surface area contributed by atoms with Crippen molar-refractivity contribution in [3.63, 3.8) is 0 Å². The number of hydrogen-bond donors (Lipinski definition) is 0. The SMILES string of the molecule is CC1CCCCC(C)CCC(C)CC1. The Hall–Kier alpha value is 0. The summed E-state index contributed by atoms with van der Waals surface area (Å²) in [7, 11) is 0. The predicted molar refractivity (Wildman–Crippen MR) is 64.4 cm³/mol. The minimum absolute atomic E-state index is 0.970. The van der Waals surface area contributed by atoms with Gasteiger partial charge in [-0.05, 0) is 17.8 Å². The maximum Gasteiger partial charge on any atom is -0.0443 e. The Morgan fingerprint density at radius 1 is 0.500 bits per heavy atom. The van der Waals surface area contributed by atoms with Crippen molar-refractivity contribution in [3.8, 4) is 0 Å².